The van der Waals surface area contributed by atoms with Gasteiger partial charge in [0.2, 0.25) is 11.8 Å². The summed E-state index contributed by atoms with van der Waals surface area (Å²) in [5, 5.41) is 3.14. The summed E-state index contributed by atoms with van der Waals surface area (Å²) in [6.07, 6.45) is 48.0. The molecule has 260 valence electrons. The Balaban J connectivity index is 3.19. The van der Waals surface area contributed by atoms with Crippen molar-refractivity contribution in [1.82, 2.24) is 5.32 Å². The summed E-state index contributed by atoms with van der Waals surface area (Å²) in [7, 11) is 0. The summed E-state index contributed by atoms with van der Waals surface area (Å²) in [5.41, 5.74) is 5.16. The number of unbranched alkanes of at least 4 members (excludes halogenated alkanes) is 29. The van der Waals surface area contributed by atoms with Gasteiger partial charge in [0.15, 0.2) is 0 Å². The van der Waals surface area contributed by atoms with E-state index in [9.17, 15) is 9.59 Å². The molecular weight excluding hydrogens is 540 g/mol. The second-order valence-corrected chi connectivity index (χ2v) is 13.6. The van der Waals surface area contributed by atoms with E-state index in [2.05, 4.69) is 24.4 Å². The molecule has 0 aliphatic carbocycles. The second-order valence-electron chi connectivity index (χ2n) is 13.6. The molecule has 0 radical (unpaired) electrons. The summed E-state index contributed by atoms with van der Waals surface area (Å²) >= 11 is 0. The molecule has 0 saturated carbocycles. The van der Waals surface area contributed by atoms with E-state index >= 15 is 0 Å². The molecule has 0 aromatic rings. The normalized spacial score (nSPS) is 11.5. The van der Waals surface area contributed by atoms with E-state index in [-0.39, 0.29) is 11.8 Å². The highest BCUT2D eigenvalue weighted by molar-refractivity contribution is 5.75. The van der Waals surface area contributed by atoms with Gasteiger partial charge in [-0.3, -0.25) is 9.59 Å². The van der Waals surface area contributed by atoms with Gasteiger partial charge in [-0.15, -0.1) is 0 Å². The molecule has 0 aliphatic heterocycles. The number of nitrogens with one attached hydrogen (secondary N) is 1. The number of rotatable bonds is 37. The van der Waals surface area contributed by atoms with Gasteiger partial charge < -0.3 is 11.1 Å². The third kappa shape index (κ3) is 38.7. The van der Waals surface area contributed by atoms with Crippen LogP contribution in [0.3, 0.4) is 0 Å². The number of primary amides is 1. The van der Waals surface area contributed by atoms with Crippen LogP contribution < -0.4 is 11.1 Å². The maximum atomic E-state index is 12.1. The molecule has 2 amide bonds. The van der Waals surface area contributed by atoms with Crippen LogP contribution in [0.25, 0.3) is 0 Å². The predicted molar refractivity (Wildman–Crippen MR) is 194 cm³/mol. The van der Waals surface area contributed by atoms with Crippen LogP contribution in [0.4, 0.5) is 0 Å². The second kappa shape index (κ2) is 37.9. The molecular formula is C40H78N2O2. The summed E-state index contributed by atoms with van der Waals surface area (Å²) < 4.78 is 0. The molecule has 0 spiro atoms. The number of allylic oxidation sites excluding steroid dienone is 2. The summed E-state index contributed by atoms with van der Waals surface area (Å²) in [5.74, 6) is 0.0909. The Labute approximate surface area is 275 Å². The molecule has 4 heteroatoms. The molecule has 0 saturated heterocycles. The Hall–Kier alpha value is -1.32. The van der Waals surface area contributed by atoms with Crippen LogP contribution in [0.1, 0.15) is 225 Å². The fraction of sp³-hybridized carbons (Fsp3) is 0.900. The van der Waals surface area contributed by atoms with E-state index in [4.69, 9.17) is 5.73 Å². The average Bonchev–Trinajstić information content (AvgIpc) is 3.01. The van der Waals surface area contributed by atoms with Crippen molar-refractivity contribution in [3.63, 3.8) is 0 Å². The minimum atomic E-state index is -0.170. The average molecular weight is 619 g/mol. The highest BCUT2D eigenvalue weighted by Gasteiger charge is 2.01. The maximum absolute atomic E-state index is 12.1. The molecule has 0 rings (SSSR count). The van der Waals surface area contributed by atoms with Crippen LogP contribution in [0, 0.1) is 0 Å². The first-order valence-corrected chi connectivity index (χ1v) is 19.9. The molecule has 0 aromatic carbocycles. The van der Waals surface area contributed by atoms with Crippen molar-refractivity contribution in [3.05, 3.63) is 12.2 Å². The van der Waals surface area contributed by atoms with Gasteiger partial charge in [-0.05, 0) is 44.9 Å². The van der Waals surface area contributed by atoms with Gasteiger partial charge in [0.25, 0.3) is 0 Å². The summed E-state index contributed by atoms with van der Waals surface area (Å²) in [6.45, 7) is 3.16. The van der Waals surface area contributed by atoms with Crippen LogP contribution in [0.15, 0.2) is 12.2 Å². The lowest BCUT2D eigenvalue weighted by Gasteiger charge is -2.06. The third-order valence-corrected chi connectivity index (χ3v) is 9.09. The van der Waals surface area contributed by atoms with Gasteiger partial charge in [-0.1, -0.05) is 180 Å². The molecule has 0 aromatic heterocycles. The molecule has 0 heterocycles. The number of nitrogens with two attached hydrogens (primary N) is 1. The largest absolute Gasteiger partial charge is 0.370 e. The van der Waals surface area contributed by atoms with Crippen LogP contribution in [-0.4, -0.2) is 18.4 Å². The lowest BCUT2D eigenvalue weighted by molar-refractivity contribution is -0.121. The Morgan fingerprint density at radius 2 is 0.750 bits per heavy atom. The van der Waals surface area contributed by atoms with Crippen molar-refractivity contribution in [2.75, 3.05) is 6.54 Å². The monoisotopic (exact) mass is 619 g/mol. The molecule has 0 aliphatic rings. The number of amides is 2. The highest BCUT2D eigenvalue weighted by Crippen LogP contribution is 2.15. The summed E-state index contributed by atoms with van der Waals surface area (Å²) in [4.78, 5) is 22.8. The van der Waals surface area contributed by atoms with Crippen LogP contribution in [0.5, 0.6) is 0 Å². The number of carbonyl (C=O) groups is 2. The van der Waals surface area contributed by atoms with E-state index in [0.29, 0.717) is 12.8 Å². The molecule has 0 unspecified atom stereocenters. The minimum Gasteiger partial charge on any atom is -0.370 e. The molecule has 0 atom stereocenters. The number of hydrogen-bond acceptors (Lipinski definition) is 2. The van der Waals surface area contributed by atoms with Crippen LogP contribution >= 0.6 is 0 Å². The van der Waals surface area contributed by atoms with E-state index < -0.39 is 0 Å². The Morgan fingerprint density at radius 3 is 1.14 bits per heavy atom. The molecule has 44 heavy (non-hydrogen) atoms. The Bertz CT molecular complexity index is 618. The van der Waals surface area contributed by atoms with Gasteiger partial charge in [0.05, 0.1) is 0 Å². The first-order chi connectivity index (χ1) is 21.7. The van der Waals surface area contributed by atoms with Crippen LogP contribution in [-0.2, 0) is 9.59 Å². The van der Waals surface area contributed by atoms with E-state index in [0.717, 1.165) is 32.2 Å². The standard InChI is InChI=1S/C40H78N2O2/c1-2-3-4-5-6-7-8-9-10-17-20-23-26-29-32-35-38-42-40(44)37-34-31-28-25-22-19-16-14-12-11-13-15-18-21-24-27-30-33-36-39(41)43/h13,15H,2-12,14,16-38H2,1H3,(H2,41,43)(H,42,44). The first kappa shape index (κ1) is 42.7. The lowest BCUT2D eigenvalue weighted by atomic mass is 10.0. The number of carbonyl (C=O) groups excluding carboxylic acids is 2. The predicted octanol–water partition coefficient (Wildman–Crippen LogP) is 12.4. The van der Waals surface area contributed by atoms with E-state index in [1.54, 1.807) is 0 Å². The molecule has 0 fully saturated rings. The van der Waals surface area contributed by atoms with Gasteiger partial charge in [0.1, 0.15) is 0 Å². The summed E-state index contributed by atoms with van der Waals surface area (Å²) in [6, 6.07) is 0. The molecule has 4 nitrogen and oxygen atoms in total. The van der Waals surface area contributed by atoms with Gasteiger partial charge in [0, 0.05) is 19.4 Å². The topological polar surface area (TPSA) is 72.2 Å². The SMILES string of the molecule is CCCCCCCCCCCCCCCCCCNC(=O)CCCCCCCCCCCC=CCCCCCCCC(N)=O. The Morgan fingerprint density at radius 1 is 0.432 bits per heavy atom. The Kier molecular flexibility index (Phi) is 36.7. The minimum absolute atomic E-state index is 0.170. The van der Waals surface area contributed by atoms with Gasteiger partial charge >= 0.3 is 0 Å². The van der Waals surface area contributed by atoms with E-state index in [1.807, 2.05) is 0 Å². The fourth-order valence-corrected chi connectivity index (χ4v) is 6.10. The quantitative estimate of drug-likeness (QED) is 0.0537. The molecule has 3 N–H and O–H groups in total. The van der Waals surface area contributed by atoms with E-state index in [1.165, 1.54) is 180 Å². The zero-order valence-electron chi connectivity index (χ0n) is 29.8. The van der Waals surface area contributed by atoms with Crippen molar-refractivity contribution in [2.45, 2.75) is 225 Å². The van der Waals surface area contributed by atoms with Gasteiger partial charge in [-0.2, -0.15) is 0 Å². The smallest absolute Gasteiger partial charge is 0.219 e. The van der Waals surface area contributed by atoms with Crippen molar-refractivity contribution < 1.29 is 9.59 Å². The zero-order chi connectivity index (χ0) is 32.0. The maximum Gasteiger partial charge on any atom is 0.219 e. The van der Waals surface area contributed by atoms with Gasteiger partial charge in [-0.25, -0.2) is 0 Å². The van der Waals surface area contributed by atoms with Crippen molar-refractivity contribution in [2.24, 2.45) is 5.73 Å². The van der Waals surface area contributed by atoms with Crippen molar-refractivity contribution in [3.8, 4) is 0 Å². The van der Waals surface area contributed by atoms with Crippen LogP contribution in [0.2, 0.25) is 0 Å². The van der Waals surface area contributed by atoms with Crippen molar-refractivity contribution >= 4 is 11.8 Å². The first-order valence-electron chi connectivity index (χ1n) is 19.9. The lowest BCUT2D eigenvalue weighted by Crippen LogP contribution is -2.23. The number of hydrogen-bond donors (Lipinski definition) is 2. The fourth-order valence-electron chi connectivity index (χ4n) is 6.10. The molecule has 0 bridgehead atoms. The third-order valence-electron chi connectivity index (χ3n) is 9.09. The highest BCUT2D eigenvalue weighted by atomic mass is 16.1. The zero-order valence-corrected chi connectivity index (χ0v) is 29.8. The van der Waals surface area contributed by atoms with Crippen molar-refractivity contribution in [1.29, 1.82) is 0 Å².